The van der Waals surface area contributed by atoms with Gasteiger partial charge in [0, 0.05) is 48.5 Å². The van der Waals surface area contributed by atoms with Crippen molar-refractivity contribution in [2.75, 3.05) is 30.3 Å². The number of benzene rings is 4. The lowest BCUT2D eigenvalue weighted by Crippen LogP contribution is -2.23. The summed E-state index contributed by atoms with van der Waals surface area (Å²) in [5, 5.41) is 17.5. The van der Waals surface area contributed by atoms with E-state index < -0.39 is 68.5 Å². The molecule has 0 unspecified atom stereocenters. The van der Waals surface area contributed by atoms with Crippen LogP contribution in [0.5, 0.6) is 34.5 Å². The first kappa shape index (κ1) is 56.9. The van der Waals surface area contributed by atoms with Crippen molar-refractivity contribution in [3.05, 3.63) is 144 Å². The Labute approximate surface area is 434 Å². The maximum atomic E-state index is 12.8. The first-order valence-electron chi connectivity index (χ1n) is 23.1. The number of alkyl halides is 12. The molecule has 78 heavy (non-hydrogen) atoms. The lowest BCUT2D eigenvalue weighted by atomic mass is 10.0. The summed E-state index contributed by atoms with van der Waals surface area (Å²) in [5.41, 5.74) is 5.21. The summed E-state index contributed by atoms with van der Waals surface area (Å²) >= 11 is 0. The molecule has 0 radical (unpaired) electrons. The molecule has 0 spiro atoms. The zero-order chi connectivity index (χ0) is 56.7. The van der Waals surface area contributed by atoms with Crippen molar-refractivity contribution in [2.45, 2.75) is 58.7 Å². The number of carbonyl (C=O) groups excluding carboxylic acids is 1. The molecule has 8 rings (SSSR count). The molecule has 0 atom stereocenters. The zero-order valence-electron chi connectivity index (χ0n) is 40.8. The number of carbonyl (C=O) groups is 2. The van der Waals surface area contributed by atoms with E-state index in [-0.39, 0.29) is 51.5 Å². The van der Waals surface area contributed by atoms with E-state index in [1.165, 1.54) is 61.1 Å². The lowest BCUT2D eigenvalue weighted by Gasteiger charge is -2.14. The van der Waals surface area contributed by atoms with Crippen LogP contribution in [0.4, 0.5) is 64.1 Å². The van der Waals surface area contributed by atoms with Gasteiger partial charge in [-0.2, -0.15) is 26.3 Å². The van der Waals surface area contributed by atoms with Gasteiger partial charge in [-0.05, 0) is 105 Å². The second kappa shape index (κ2) is 23.2. The van der Waals surface area contributed by atoms with Crippen molar-refractivity contribution in [2.24, 2.45) is 0 Å². The van der Waals surface area contributed by atoms with Crippen molar-refractivity contribution < 1.29 is 86.3 Å². The zero-order valence-corrected chi connectivity index (χ0v) is 40.8. The van der Waals surface area contributed by atoms with Crippen molar-refractivity contribution in [1.29, 1.82) is 0 Å². The highest BCUT2D eigenvalue weighted by Gasteiger charge is 2.32. The molecule has 0 bridgehead atoms. The quantitative estimate of drug-likeness (QED) is 0.0642. The summed E-state index contributed by atoms with van der Waals surface area (Å²) in [5.74, 6) is -1.56. The maximum Gasteiger partial charge on any atom is 0.573 e. The number of aromatic nitrogens is 4. The van der Waals surface area contributed by atoms with E-state index in [0.717, 1.165) is 24.3 Å². The smallest absolute Gasteiger partial charge is 0.478 e. The van der Waals surface area contributed by atoms with Crippen molar-refractivity contribution in [1.82, 2.24) is 24.1 Å². The summed E-state index contributed by atoms with van der Waals surface area (Å²) < 4.78 is 174. The third-order valence-electron chi connectivity index (χ3n) is 11.1. The largest absolute Gasteiger partial charge is 0.573 e. The highest BCUT2D eigenvalue weighted by molar-refractivity contribution is 5.96. The monoisotopic (exact) mass is 1110 g/mol. The molecule has 4 aromatic carbocycles. The summed E-state index contributed by atoms with van der Waals surface area (Å²) in [6.45, 7) is 4.82. The molecule has 1 amide bonds. The average Bonchev–Trinajstić information content (AvgIpc) is 3.99. The van der Waals surface area contributed by atoms with Crippen LogP contribution in [0.3, 0.4) is 0 Å². The normalized spacial score (nSPS) is 11.9. The number of nitrogens with one attached hydrogen (secondary N) is 3. The molecule has 8 aromatic rings. The molecule has 4 N–H and O–H groups in total. The molecule has 0 aliphatic rings. The van der Waals surface area contributed by atoms with E-state index in [2.05, 4.69) is 35.4 Å². The van der Waals surface area contributed by atoms with Crippen LogP contribution in [-0.2, 0) is 0 Å². The molecule has 0 saturated heterocycles. The Hall–Kier alpha value is -8.84. The second-order valence-electron chi connectivity index (χ2n) is 16.9. The third kappa shape index (κ3) is 15.4. The number of fused-ring (bicyclic) bond motifs is 2. The van der Waals surface area contributed by atoms with Crippen LogP contribution in [0.1, 0.15) is 51.6 Å². The number of carboxylic acid groups (broad SMARTS) is 1. The van der Waals surface area contributed by atoms with Crippen molar-refractivity contribution >= 4 is 34.5 Å². The van der Waals surface area contributed by atoms with Gasteiger partial charge >= 0.3 is 31.0 Å². The van der Waals surface area contributed by atoms with Crippen molar-refractivity contribution in [3.8, 4) is 57.0 Å². The maximum absolute atomic E-state index is 12.8. The number of imidazole rings is 2. The fraction of sp³-hybridized carbons (Fsp3) is 0.231. The van der Waals surface area contributed by atoms with Gasteiger partial charge < -0.3 is 40.0 Å². The van der Waals surface area contributed by atoms with Crippen LogP contribution < -0.4 is 34.9 Å². The predicted octanol–water partition coefficient (Wildman–Crippen LogP) is 14.2. The van der Waals surface area contributed by atoms with E-state index in [4.69, 9.17) is 9.47 Å². The highest BCUT2D eigenvalue weighted by Crippen LogP contribution is 2.36. The van der Waals surface area contributed by atoms with Crippen LogP contribution in [-0.4, -0.2) is 80.5 Å². The first-order valence-corrected chi connectivity index (χ1v) is 23.1. The van der Waals surface area contributed by atoms with E-state index in [0.29, 0.717) is 51.4 Å². The lowest BCUT2D eigenvalue weighted by molar-refractivity contribution is -0.275. The van der Waals surface area contributed by atoms with E-state index in [9.17, 15) is 67.4 Å². The van der Waals surface area contributed by atoms with Gasteiger partial charge in [-0.3, -0.25) is 13.6 Å². The summed E-state index contributed by atoms with van der Waals surface area (Å²) in [4.78, 5) is 32.4. The molecule has 14 nitrogen and oxygen atoms in total. The van der Waals surface area contributed by atoms with Gasteiger partial charge in [0.25, 0.3) is 5.91 Å². The minimum absolute atomic E-state index is 0.110. The fourth-order valence-electron chi connectivity index (χ4n) is 7.69. The summed E-state index contributed by atoms with van der Waals surface area (Å²) in [7, 11) is 0. The highest BCUT2D eigenvalue weighted by atomic mass is 19.4. The van der Waals surface area contributed by atoms with Gasteiger partial charge in [-0.15, -0.1) is 26.3 Å². The number of anilines is 2. The number of nitrogens with zero attached hydrogens (tertiary/aromatic N) is 4. The fourth-order valence-corrected chi connectivity index (χ4v) is 7.69. The van der Waals surface area contributed by atoms with Gasteiger partial charge in [0.1, 0.15) is 34.5 Å². The third-order valence-corrected chi connectivity index (χ3v) is 11.1. The van der Waals surface area contributed by atoms with Gasteiger partial charge in [0.05, 0.1) is 66.0 Å². The predicted molar refractivity (Wildman–Crippen MR) is 260 cm³/mol. The molecule has 412 valence electrons. The molecule has 0 fully saturated rings. The van der Waals surface area contributed by atoms with Crippen LogP contribution in [0, 0.1) is 13.8 Å². The Morgan fingerprint density at radius 1 is 0.538 bits per heavy atom. The van der Waals surface area contributed by atoms with Gasteiger partial charge in [0.15, 0.2) is 11.3 Å². The van der Waals surface area contributed by atoms with Crippen molar-refractivity contribution in [3.63, 3.8) is 0 Å². The van der Waals surface area contributed by atoms with Gasteiger partial charge in [0.2, 0.25) is 0 Å². The Morgan fingerprint density at radius 2 is 0.923 bits per heavy atom. The Bertz CT molecular complexity index is 3410. The first-order chi connectivity index (χ1) is 36.6. The molecule has 0 saturated carbocycles. The van der Waals surface area contributed by atoms with E-state index >= 15 is 0 Å². The molecule has 0 aliphatic carbocycles. The van der Waals surface area contributed by atoms with E-state index in [1.807, 2.05) is 6.92 Å². The molecule has 26 heteroatoms. The molecule has 0 aliphatic heterocycles. The second-order valence-corrected chi connectivity index (χ2v) is 16.9. The standard InChI is InChI=1S/C27H24F6N4O3.C25H19F6N3O4/c1-3-34-25(38)21-9-4-17(12-16(21)2)23-14-36-24-22(35-11-10-26(28,29)30)13-20(15-37(23)24)39-18-5-7-19(8-6-18)40-27(31,32)33;1-14-10-15(2-7-19(14)23(35)36)21-12-33-22-20(32-9-8-24(26,27)28)11-18(13-34(21)22)37-16-3-5-17(6-4-16)38-25(29,30)31/h4-9,12-15,35H,3,10-11H2,1-2H3,(H,34,38);2-7,10-13,32H,8-9H2,1H3,(H,35,36). The SMILES string of the molecule is CCNC(=O)c1ccc(-c2cnc3c(NCCC(F)(F)F)cc(Oc4ccc(OC(F)(F)F)cc4)cn23)cc1C.Cc1cc(-c2cnc3c(NCCC(F)(F)F)cc(Oc4ccc(OC(F)(F)F)cc4)cn23)ccc1C(=O)O. The summed E-state index contributed by atoms with van der Waals surface area (Å²) in [6, 6.07) is 22.0. The number of amides is 1. The van der Waals surface area contributed by atoms with Gasteiger partial charge in [-0.1, -0.05) is 12.1 Å². The number of carboxylic acids is 1. The number of aryl methyl sites for hydroxylation is 2. The number of hydrogen-bond acceptors (Lipinski definition) is 10. The number of ether oxygens (including phenoxy) is 4. The molecular formula is C52H43F12N7O7. The Kier molecular flexibility index (Phi) is 16.9. The number of rotatable bonds is 17. The topological polar surface area (TPSA) is 162 Å². The minimum atomic E-state index is -4.86. The Balaban J connectivity index is 0.000000226. The molecule has 4 heterocycles. The van der Waals surface area contributed by atoms with Crippen LogP contribution in [0.15, 0.2) is 122 Å². The molecular weight excluding hydrogens is 1060 g/mol. The van der Waals surface area contributed by atoms with E-state index in [1.54, 1.807) is 59.2 Å². The van der Waals surface area contributed by atoms with Crippen LogP contribution in [0.25, 0.3) is 33.8 Å². The number of aromatic carboxylic acids is 1. The summed E-state index contributed by atoms with van der Waals surface area (Å²) in [6.07, 6.45) is -14.6. The van der Waals surface area contributed by atoms with Gasteiger partial charge in [-0.25, -0.2) is 14.8 Å². The average molecular weight is 1110 g/mol. The number of pyridine rings is 2. The molecule has 4 aromatic heterocycles. The number of halogens is 12. The minimum Gasteiger partial charge on any atom is -0.478 e. The van der Waals surface area contributed by atoms with Crippen LogP contribution >= 0.6 is 0 Å². The van der Waals surface area contributed by atoms with Crippen LogP contribution in [0.2, 0.25) is 0 Å². The Morgan fingerprint density at radius 3 is 1.27 bits per heavy atom. The number of hydrogen-bond donors (Lipinski definition) is 4.